The lowest BCUT2D eigenvalue weighted by Crippen LogP contribution is -2.21. The number of Topliss-reactive ketones (excluding diaryl/α,β-unsaturated/α-hetero) is 1. The fourth-order valence-electron chi connectivity index (χ4n) is 1.70. The van der Waals surface area contributed by atoms with E-state index in [0.29, 0.717) is 5.78 Å². The molecule has 74 valence electrons. The Morgan fingerprint density at radius 1 is 1.23 bits per heavy atom. The second-order valence-electron chi connectivity index (χ2n) is 4.91. The zero-order chi connectivity index (χ0) is 9.90. The van der Waals surface area contributed by atoms with Crippen LogP contribution in [0.2, 0.25) is 0 Å². The smallest absolute Gasteiger partial charge is 0.163 e. The molecule has 0 radical (unpaired) electrons. The summed E-state index contributed by atoms with van der Waals surface area (Å²) in [5, 5.41) is 0. The van der Waals surface area contributed by atoms with Crippen LogP contribution in [0, 0.1) is 5.41 Å². The molecule has 0 N–H and O–H groups in total. The van der Waals surface area contributed by atoms with Crippen LogP contribution in [0.15, 0.2) is 11.6 Å². The maximum absolute atomic E-state index is 11.9. The minimum Gasteiger partial charge on any atom is -0.294 e. The summed E-state index contributed by atoms with van der Waals surface area (Å²) in [6, 6.07) is 0. The summed E-state index contributed by atoms with van der Waals surface area (Å²) in [4.78, 5) is 11.9. The van der Waals surface area contributed by atoms with Gasteiger partial charge in [-0.05, 0) is 31.3 Å². The van der Waals surface area contributed by atoms with Crippen molar-refractivity contribution in [2.45, 2.75) is 52.9 Å². The lowest BCUT2D eigenvalue weighted by atomic mass is 9.85. The molecular weight excluding hydrogens is 160 g/mol. The molecule has 0 aliphatic heterocycles. The highest BCUT2D eigenvalue weighted by atomic mass is 16.1. The Bertz CT molecular complexity index is 218. The standard InChI is InChI=1S/C12H20O/c1-12(2,3)11(13)10-8-6-4-5-7-9-10/h8H,4-7,9H2,1-3H3. The lowest BCUT2D eigenvalue weighted by molar-refractivity contribution is -0.122. The monoisotopic (exact) mass is 180 g/mol. The second kappa shape index (κ2) is 4.08. The maximum Gasteiger partial charge on any atom is 0.163 e. The molecule has 0 amide bonds. The quantitative estimate of drug-likeness (QED) is 0.603. The van der Waals surface area contributed by atoms with Gasteiger partial charge in [-0.15, -0.1) is 0 Å². The fraction of sp³-hybridized carbons (Fsp3) is 0.750. The fourth-order valence-corrected chi connectivity index (χ4v) is 1.70. The highest BCUT2D eigenvalue weighted by Gasteiger charge is 2.24. The van der Waals surface area contributed by atoms with Crippen molar-refractivity contribution in [3.05, 3.63) is 11.6 Å². The van der Waals surface area contributed by atoms with Crippen molar-refractivity contribution >= 4 is 5.78 Å². The van der Waals surface area contributed by atoms with Crippen molar-refractivity contribution in [2.75, 3.05) is 0 Å². The van der Waals surface area contributed by atoms with E-state index >= 15 is 0 Å². The minimum atomic E-state index is -0.198. The molecule has 13 heavy (non-hydrogen) atoms. The summed E-state index contributed by atoms with van der Waals surface area (Å²) in [6.07, 6.45) is 7.96. The molecule has 0 saturated heterocycles. The molecule has 0 heterocycles. The third-order valence-corrected chi connectivity index (χ3v) is 2.51. The Balaban J connectivity index is 2.69. The number of allylic oxidation sites excluding steroid dienone is 2. The van der Waals surface area contributed by atoms with Crippen LogP contribution in [0.5, 0.6) is 0 Å². The van der Waals surface area contributed by atoms with Gasteiger partial charge in [-0.25, -0.2) is 0 Å². The molecular formula is C12H20O. The third kappa shape index (κ3) is 2.98. The van der Waals surface area contributed by atoms with E-state index in [0.717, 1.165) is 18.4 Å². The second-order valence-corrected chi connectivity index (χ2v) is 4.91. The van der Waals surface area contributed by atoms with Crippen LogP contribution in [-0.4, -0.2) is 5.78 Å². The largest absolute Gasteiger partial charge is 0.294 e. The topological polar surface area (TPSA) is 17.1 Å². The van der Waals surface area contributed by atoms with Crippen molar-refractivity contribution in [2.24, 2.45) is 5.41 Å². The predicted molar refractivity (Wildman–Crippen MR) is 55.6 cm³/mol. The van der Waals surface area contributed by atoms with Crippen LogP contribution in [0.1, 0.15) is 52.9 Å². The third-order valence-electron chi connectivity index (χ3n) is 2.51. The van der Waals surface area contributed by atoms with Crippen LogP contribution >= 0.6 is 0 Å². The Labute approximate surface area is 81.2 Å². The SMILES string of the molecule is CC(C)(C)C(=O)C1=CCCCCC1. The first-order chi connectivity index (χ1) is 6.02. The number of rotatable bonds is 1. The summed E-state index contributed by atoms with van der Waals surface area (Å²) >= 11 is 0. The van der Waals surface area contributed by atoms with Crippen LogP contribution in [0.4, 0.5) is 0 Å². The highest BCUT2D eigenvalue weighted by Crippen LogP contribution is 2.26. The van der Waals surface area contributed by atoms with Gasteiger partial charge in [0.1, 0.15) is 0 Å². The first-order valence-corrected chi connectivity index (χ1v) is 5.25. The predicted octanol–water partition coefficient (Wildman–Crippen LogP) is 3.49. The first kappa shape index (κ1) is 10.5. The summed E-state index contributed by atoms with van der Waals surface area (Å²) < 4.78 is 0. The molecule has 1 aliphatic carbocycles. The molecule has 0 spiro atoms. The van der Waals surface area contributed by atoms with Gasteiger partial charge in [-0.2, -0.15) is 0 Å². The van der Waals surface area contributed by atoms with Gasteiger partial charge < -0.3 is 0 Å². The minimum absolute atomic E-state index is 0.198. The van der Waals surface area contributed by atoms with Gasteiger partial charge in [-0.1, -0.05) is 33.3 Å². The van der Waals surface area contributed by atoms with Gasteiger partial charge in [-0.3, -0.25) is 4.79 Å². The van der Waals surface area contributed by atoms with Crippen LogP contribution in [0.25, 0.3) is 0 Å². The van der Waals surface area contributed by atoms with Gasteiger partial charge in [0.2, 0.25) is 0 Å². The first-order valence-electron chi connectivity index (χ1n) is 5.25. The van der Waals surface area contributed by atoms with Crippen molar-refractivity contribution < 1.29 is 4.79 Å². The molecule has 0 bridgehead atoms. The van der Waals surface area contributed by atoms with Crippen molar-refractivity contribution in [1.82, 2.24) is 0 Å². The van der Waals surface area contributed by atoms with Crippen molar-refractivity contribution in [3.8, 4) is 0 Å². The number of hydrogen-bond donors (Lipinski definition) is 0. The molecule has 0 aromatic rings. The highest BCUT2D eigenvalue weighted by molar-refractivity contribution is 5.99. The lowest BCUT2D eigenvalue weighted by Gasteiger charge is -2.18. The Morgan fingerprint density at radius 3 is 2.54 bits per heavy atom. The summed E-state index contributed by atoms with van der Waals surface area (Å²) in [5.74, 6) is 0.342. The average Bonchev–Trinajstić information content (AvgIpc) is 2.28. The summed E-state index contributed by atoms with van der Waals surface area (Å²) in [7, 11) is 0. The molecule has 0 unspecified atom stereocenters. The molecule has 1 nitrogen and oxygen atoms in total. The van der Waals surface area contributed by atoms with E-state index in [9.17, 15) is 4.79 Å². The summed E-state index contributed by atoms with van der Waals surface area (Å²) in [5.41, 5.74) is 0.876. The Morgan fingerprint density at radius 2 is 1.92 bits per heavy atom. The maximum atomic E-state index is 11.9. The zero-order valence-corrected chi connectivity index (χ0v) is 9.02. The van der Waals surface area contributed by atoms with Gasteiger partial charge in [0.05, 0.1) is 0 Å². The van der Waals surface area contributed by atoms with E-state index in [1.54, 1.807) is 0 Å². The Hall–Kier alpha value is -0.590. The molecule has 0 fully saturated rings. The van der Waals surface area contributed by atoms with E-state index in [-0.39, 0.29) is 5.41 Å². The number of hydrogen-bond acceptors (Lipinski definition) is 1. The normalized spacial score (nSPS) is 19.2. The van der Waals surface area contributed by atoms with E-state index in [2.05, 4.69) is 6.08 Å². The van der Waals surface area contributed by atoms with E-state index in [4.69, 9.17) is 0 Å². The van der Waals surface area contributed by atoms with E-state index in [1.165, 1.54) is 19.3 Å². The van der Waals surface area contributed by atoms with Crippen LogP contribution in [-0.2, 0) is 4.79 Å². The molecule has 1 heteroatoms. The molecule has 0 aromatic carbocycles. The molecule has 0 atom stereocenters. The van der Waals surface area contributed by atoms with E-state index in [1.807, 2.05) is 20.8 Å². The molecule has 0 saturated carbocycles. The molecule has 1 aliphatic rings. The molecule has 1 rings (SSSR count). The number of carbonyl (C=O) groups excluding carboxylic acids is 1. The van der Waals surface area contributed by atoms with Gasteiger partial charge in [0, 0.05) is 5.41 Å². The average molecular weight is 180 g/mol. The van der Waals surface area contributed by atoms with E-state index < -0.39 is 0 Å². The molecule has 0 aromatic heterocycles. The zero-order valence-electron chi connectivity index (χ0n) is 9.02. The van der Waals surface area contributed by atoms with Crippen LogP contribution in [0.3, 0.4) is 0 Å². The van der Waals surface area contributed by atoms with Crippen molar-refractivity contribution in [3.63, 3.8) is 0 Å². The van der Waals surface area contributed by atoms with Gasteiger partial charge in [0.25, 0.3) is 0 Å². The van der Waals surface area contributed by atoms with Gasteiger partial charge in [0.15, 0.2) is 5.78 Å². The number of ketones is 1. The number of carbonyl (C=O) groups is 1. The summed E-state index contributed by atoms with van der Waals surface area (Å²) in [6.45, 7) is 6.00. The van der Waals surface area contributed by atoms with Crippen molar-refractivity contribution in [1.29, 1.82) is 0 Å². The Kier molecular flexibility index (Phi) is 3.29. The van der Waals surface area contributed by atoms with Gasteiger partial charge >= 0.3 is 0 Å². The van der Waals surface area contributed by atoms with Crippen LogP contribution < -0.4 is 0 Å².